The fourth-order valence-electron chi connectivity index (χ4n) is 4.06. The summed E-state index contributed by atoms with van der Waals surface area (Å²) in [7, 11) is 0. The lowest BCUT2D eigenvalue weighted by Gasteiger charge is -2.19. The molecule has 2 heterocycles. The van der Waals surface area contributed by atoms with Crippen molar-refractivity contribution in [2.75, 3.05) is 11.1 Å². The van der Waals surface area contributed by atoms with Gasteiger partial charge in [-0.1, -0.05) is 56.8 Å². The topological polar surface area (TPSA) is 103 Å². The second-order valence-electron chi connectivity index (χ2n) is 9.14. The van der Waals surface area contributed by atoms with Crippen molar-refractivity contribution >= 4 is 39.9 Å². The molecule has 0 atom stereocenters. The number of fused-ring (bicyclic) bond motifs is 1. The van der Waals surface area contributed by atoms with E-state index in [-0.39, 0.29) is 17.1 Å². The number of primary amides is 1. The highest BCUT2D eigenvalue weighted by Gasteiger charge is 2.26. The third-order valence-corrected chi connectivity index (χ3v) is 7.97. The summed E-state index contributed by atoms with van der Waals surface area (Å²) in [5, 5.41) is 12.8. The highest BCUT2D eigenvalue weighted by Crippen LogP contribution is 2.39. The van der Waals surface area contributed by atoms with Crippen LogP contribution in [-0.2, 0) is 29.6 Å². The van der Waals surface area contributed by atoms with Crippen LogP contribution in [0, 0.1) is 0 Å². The lowest BCUT2D eigenvalue weighted by molar-refractivity contribution is -0.113. The second kappa shape index (κ2) is 9.30. The number of thiophene rings is 1. The normalized spacial score (nSPS) is 13.2. The average Bonchev–Trinajstić information content (AvgIpc) is 3.45. The van der Waals surface area contributed by atoms with Gasteiger partial charge in [0.05, 0.1) is 11.3 Å². The number of carbonyl (C=O) groups is 2. The molecule has 1 aliphatic rings. The number of aryl methyl sites for hydroxylation is 1. The molecule has 0 saturated carbocycles. The van der Waals surface area contributed by atoms with Crippen molar-refractivity contribution in [3.8, 4) is 11.4 Å². The van der Waals surface area contributed by atoms with Crippen LogP contribution in [0.3, 0.4) is 0 Å². The van der Waals surface area contributed by atoms with E-state index >= 15 is 0 Å². The quantitative estimate of drug-likeness (QED) is 0.477. The lowest BCUT2D eigenvalue weighted by atomic mass is 9.87. The van der Waals surface area contributed by atoms with Gasteiger partial charge in [0.25, 0.3) is 5.91 Å². The maximum Gasteiger partial charge on any atom is 0.251 e. The van der Waals surface area contributed by atoms with E-state index in [1.54, 1.807) is 0 Å². The molecule has 0 aliphatic heterocycles. The van der Waals surface area contributed by atoms with Gasteiger partial charge in [0.1, 0.15) is 5.00 Å². The van der Waals surface area contributed by atoms with Gasteiger partial charge in [-0.05, 0) is 42.7 Å². The van der Waals surface area contributed by atoms with Crippen molar-refractivity contribution in [2.24, 2.45) is 5.73 Å². The van der Waals surface area contributed by atoms with Crippen LogP contribution in [0.4, 0.5) is 5.00 Å². The summed E-state index contributed by atoms with van der Waals surface area (Å²) in [5.74, 6) is 0.280. The number of hydrogen-bond acceptors (Lipinski definition) is 6. The van der Waals surface area contributed by atoms with Gasteiger partial charge in [0, 0.05) is 17.0 Å². The molecule has 0 bridgehead atoms. The van der Waals surface area contributed by atoms with Gasteiger partial charge < -0.3 is 15.6 Å². The summed E-state index contributed by atoms with van der Waals surface area (Å²) in [5.41, 5.74) is 9.41. The molecule has 2 amide bonds. The molecule has 7 nitrogen and oxygen atoms in total. The van der Waals surface area contributed by atoms with Crippen LogP contribution < -0.4 is 11.1 Å². The minimum atomic E-state index is -0.481. The predicted molar refractivity (Wildman–Crippen MR) is 134 cm³/mol. The van der Waals surface area contributed by atoms with Gasteiger partial charge in [-0.25, -0.2) is 0 Å². The second-order valence-corrected chi connectivity index (χ2v) is 11.2. The predicted octanol–water partition coefficient (Wildman–Crippen LogP) is 4.64. The first kappa shape index (κ1) is 23.5. The van der Waals surface area contributed by atoms with Crippen molar-refractivity contribution in [1.82, 2.24) is 14.8 Å². The molecule has 9 heteroatoms. The number of benzene rings is 1. The van der Waals surface area contributed by atoms with Crippen LogP contribution in [-0.4, -0.2) is 32.3 Å². The molecule has 3 N–H and O–H groups in total. The number of carbonyl (C=O) groups excluding carboxylic acids is 2. The molecule has 1 aliphatic carbocycles. The molecular formula is C24H29N5O2S2. The number of rotatable bonds is 7. The lowest BCUT2D eigenvalue weighted by Crippen LogP contribution is -2.19. The first-order valence-corrected chi connectivity index (χ1v) is 12.9. The summed E-state index contributed by atoms with van der Waals surface area (Å²) in [6, 6.07) is 8.39. The zero-order valence-electron chi connectivity index (χ0n) is 19.4. The molecule has 0 saturated heterocycles. The smallest absolute Gasteiger partial charge is 0.251 e. The minimum Gasteiger partial charge on any atom is -0.365 e. The van der Waals surface area contributed by atoms with Crippen molar-refractivity contribution in [3.63, 3.8) is 0 Å². The van der Waals surface area contributed by atoms with Crippen molar-refractivity contribution in [3.05, 3.63) is 45.8 Å². The Kier molecular flexibility index (Phi) is 6.63. The summed E-state index contributed by atoms with van der Waals surface area (Å²) in [6.07, 6.45) is 2.80. The maximum absolute atomic E-state index is 12.7. The molecule has 174 valence electrons. The van der Waals surface area contributed by atoms with Gasteiger partial charge in [-0.3, -0.25) is 9.59 Å². The van der Waals surface area contributed by atoms with Crippen LogP contribution in [0.25, 0.3) is 11.4 Å². The zero-order valence-corrected chi connectivity index (χ0v) is 21.0. The van der Waals surface area contributed by atoms with Crippen molar-refractivity contribution in [1.29, 1.82) is 0 Å². The number of nitrogens with two attached hydrogens (primary N) is 1. The Hall–Kier alpha value is -2.65. The zero-order chi connectivity index (χ0) is 23.8. The maximum atomic E-state index is 12.7. The van der Waals surface area contributed by atoms with Crippen LogP contribution in [0.15, 0.2) is 29.4 Å². The standard InChI is InChI=1S/C24H29N5O2S2/c1-5-29-21(14-9-11-15(12-10-14)24(2,3)4)27-28-23(29)32-13-18(30)26-22-19(20(25)31)16-7-6-8-17(16)33-22/h9-12H,5-8,13H2,1-4H3,(H2,25,31)(H,26,30). The van der Waals surface area contributed by atoms with E-state index in [0.29, 0.717) is 22.3 Å². The molecule has 4 rings (SSSR count). The van der Waals surface area contributed by atoms with E-state index in [0.717, 1.165) is 41.1 Å². The Balaban J connectivity index is 1.46. The number of hydrogen-bond donors (Lipinski definition) is 2. The molecular weight excluding hydrogens is 454 g/mol. The monoisotopic (exact) mass is 483 g/mol. The number of anilines is 1. The summed E-state index contributed by atoms with van der Waals surface area (Å²) >= 11 is 2.80. The molecule has 1 aromatic carbocycles. The molecule has 0 spiro atoms. The first-order chi connectivity index (χ1) is 15.7. The Morgan fingerprint density at radius 2 is 1.91 bits per heavy atom. The van der Waals surface area contributed by atoms with Crippen molar-refractivity contribution in [2.45, 2.75) is 64.1 Å². The first-order valence-electron chi connectivity index (χ1n) is 11.1. The fourth-order valence-corrected chi connectivity index (χ4v) is 6.17. The van der Waals surface area contributed by atoms with E-state index in [1.807, 2.05) is 11.5 Å². The van der Waals surface area contributed by atoms with Gasteiger partial charge >= 0.3 is 0 Å². The summed E-state index contributed by atoms with van der Waals surface area (Å²) < 4.78 is 2.01. The van der Waals surface area contributed by atoms with E-state index in [9.17, 15) is 9.59 Å². The molecule has 3 aromatic rings. The highest BCUT2D eigenvalue weighted by molar-refractivity contribution is 7.99. The Morgan fingerprint density at radius 3 is 2.55 bits per heavy atom. The highest BCUT2D eigenvalue weighted by atomic mass is 32.2. The third-order valence-electron chi connectivity index (χ3n) is 5.80. The Labute approximate surface area is 202 Å². The van der Waals surface area contributed by atoms with Crippen LogP contribution in [0.1, 0.15) is 60.5 Å². The van der Waals surface area contributed by atoms with E-state index in [4.69, 9.17) is 5.73 Å². The number of nitrogens with one attached hydrogen (secondary N) is 1. The van der Waals surface area contributed by atoms with Crippen LogP contribution in [0.2, 0.25) is 0 Å². The number of amides is 2. The molecule has 0 fully saturated rings. The molecule has 0 unspecified atom stereocenters. The van der Waals surface area contributed by atoms with E-state index in [2.05, 4.69) is 60.6 Å². The number of nitrogens with zero attached hydrogens (tertiary/aromatic N) is 3. The van der Waals surface area contributed by atoms with Crippen LogP contribution in [0.5, 0.6) is 0 Å². The molecule has 0 radical (unpaired) electrons. The molecule has 33 heavy (non-hydrogen) atoms. The van der Waals surface area contributed by atoms with Gasteiger partial charge in [0.2, 0.25) is 5.91 Å². The average molecular weight is 484 g/mol. The molecule has 2 aromatic heterocycles. The SMILES string of the molecule is CCn1c(SCC(=O)Nc2sc3c(c2C(N)=O)CCC3)nnc1-c1ccc(C(C)(C)C)cc1. The van der Waals surface area contributed by atoms with Crippen molar-refractivity contribution < 1.29 is 9.59 Å². The van der Waals surface area contributed by atoms with Gasteiger partial charge in [0.15, 0.2) is 11.0 Å². The van der Waals surface area contributed by atoms with Gasteiger partial charge in [-0.2, -0.15) is 0 Å². The largest absolute Gasteiger partial charge is 0.365 e. The van der Waals surface area contributed by atoms with E-state index in [1.165, 1.54) is 28.7 Å². The summed E-state index contributed by atoms with van der Waals surface area (Å²) in [4.78, 5) is 25.8. The van der Waals surface area contributed by atoms with Crippen LogP contribution >= 0.6 is 23.1 Å². The van der Waals surface area contributed by atoms with E-state index < -0.39 is 5.91 Å². The Bertz CT molecular complexity index is 1190. The minimum absolute atomic E-state index is 0.0857. The fraction of sp³-hybridized carbons (Fsp3) is 0.417. The Morgan fingerprint density at radius 1 is 1.18 bits per heavy atom. The third kappa shape index (κ3) is 4.84. The van der Waals surface area contributed by atoms with Gasteiger partial charge in [-0.15, -0.1) is 21.5 Å². The summed E-state index contributed by atoms with van der Waals surface area (Å²) in [6.45, 7) is 9.29. The number of aromatic nitrogens is 3. The number of thioether (sulfide) groups is 1.